The highest BCUT2D eigenvalue weighted by atomic mass is 35.5. The van der Waals surface area contributed by atoms with Gasteiger partial charge in [0.2, 0.25) is 0 Å². The lowest BCUT2D eigenvalue weighted by Crippen LogP contribution is -2.36. The van der Waals surface area contributed by atoms with Gasteiger partial charge < -0.3 is 15.1 Å². The zero-order valence-corrected chi connectivity index (χ0v) is 14.6. The van der Waals surface area contributed by atoms with E-state index in [1.54, 1.807) is 0 Å². The van der Waals surface area contributed by atoms with Crippen molar-refractivity contribution in [2.75, 3.05) is 13.1 Å². The normalized spacial score (nSPS) is 15.9. The van der Waals surface area contributed by atoms with E-state index in [4.69, 9.17) is 4.42 Å². The largest absolute Gasteiger partial charge is 0.456 e. The molecule has 4 nitrogen and oxygen atoms in total. The van der Waals surface area contributed by atoms with E-state index in [0.717, 1.165) is 24.3 Å². The van der Waals surface area contributed by atoms with Crippen LogP contribution in [-0.4, -0.2) is 25.0 Å². The number of nitrogens with one attached hydrogen (secondary N) is 2. The van der Waals surface area contributed by atoms with Crippen LogP contribution in [-0.2, 0) is 6.42 Å². The maximum atomic E-state index is 12.0. The van der Waals surface area contributed by atoms with E-state index in [0.29, 0.717) is 18.3 Å². The Bertz CT molecular complexity index is 452. The van der Waals surface area contributed by atoms with Gasteiger partial charge in [-0.15, -0.1) is 12.4 Å². The highest BCUT2D eigenvalue weighted by molar-refractivity contribution is 5.91. The Balaban J connectivity index is 0.00000242. The van der Waals surface area contributed by atoms with Gasteiger partial charge in [-0.1, -0.05) is 32.6 Å². The summed E-state index contributed by atoms with van der Waals surface area (Å²) in [5.41, 5.74) is 1.05. The SMILES string of the molecule is CCc1oc(C(=O)NCCNC2CCCCCC2)cc1C.Cl. The number of rotatable bonds is 6. The van der Waals surface area contributed by atoms with Crippen molar-refractivity contribution in [3.63, 3.8) is 0 Å². The summed E-state index contributed by atoms with van der Waals surface area (Å²) in [5.74, 6) is 1.22. The monoisotopic (exact) mass is 328 g/mol. The number of carbonyl (C=O) groups excluding carboxylic acids is 1. The Kier molecular flexibility index (Phi) is 8.57. The zero-order valence-electron chi connectivity index (χ0n) is 13.7. The first kappa shape index (κ1) is 19.0. The third-order valence-corrected chi connectivity index (χ3v) is 4.26. The lowest BCUT2D eigenvalue weighted by molar-refractivity contribution is 0.0924. The van der Waals surface area contributed by atoms with Crippen LogP contribution in [0.3, 0.4) is 0 Å². The quantitative estimate of drug-likeness (QED) is 0.619. The number of aryl methyl sites for hydroxylation is 2. The van der Waals surface area contributed by atoms with Crippen LogP contribution in [0.15, 0.2) is 10.5 Å². The minimum absolute atomic E-state index is 0. The molecule has 1 aromatic rings. The molecule has 5 heteroatoms. The fourth-order valence-corrected chi connectivity index (χ4v) is 3.01. The molecule has 22 heavy (non-hydrogen) atoms. The summed E-state index contributed by atoms with van der Waals surface area (Å²) in [6.07, 6.45) is 8.75. The minimum atomic E-state index is -0.111. The Hall–Kier alpha value is -1.00. The number of hydrogen-bond acceptors (Lipinski definition) is 3. The summed E-state index contributed by atoms with van der Waals surface area (Å²) in [5, 5.41) is 6.47. The molecule has 1 saturated carbocycles. The van der Waals surface area contributed by atoms with Gasteiger partial charge in [0.15, 0.2) is 5.76 Å². The second kappa shape index (κ2) is 9.90. The van der Waals surface area contributed by atoms with Crippen LogP contribution >= 0.6 is 12.4 Å². The van der Waals surface area contributed by atoms with Crippen molar-refractivity contribution in [3.8, 4) is 0 Å². The molecule has 2 N–H and O–H groups in total. The van der Waals surface area contributed by atoms with E-state index in [-0.39, 0.29) is 18.3 Å². The van der Waals surface area contributed by atoms with E-state index in [1.165, 1.54) is 38.5 Å². The number of halogens is 1. The highest BCUT2D eigenvalue weighted by Crippen LogP contribution is 2.17. The van der Waals surface area contributed by atoms with Crippen molar-refractivity contribution in [1.82, 2.24) is 10.6 Å². The van der Waals surface area contributed by atoms with Crippen LogP contribution in [0, 0.1) is 6.92 Å². The van der Waals surface area contributed by atoms with Crippen molar-refractivity contribution >= 4 is 18.3 Å². The molecule has 0 spiro atoms. The van der Waals surface area contributed by atoms with E-state index < -0.39 is 0 Å². The van der Waals surface area contributed by atoms with Crippen molar-refractivity contribution < 1.29 is 9.21 Å². The summed E-state index contributed by atoms with van der Waals surface area (Å²) < 4.78 is 5.56. The van der Waals surface area contributed by atoms with Gasteiger partial charge in [-0.3, -0.25) is 4.79 Å². The van der Waals surface area contributed by atoms with Gasteiger partial charge in [0.05, 0.1) is 0 Å². The van der Waals surface area contributed by atoms with Crippen LogP contribution in [0.4, 0.5) is 0 Å². The van der Waals surface area contributed by atoms with Gasteiger partial charge in [0.1, 0.15) is 5.76 Å². The predicted molar refractivity (Wildman–Crippen MR) is 91.9 cm³/mol. The molecule has 0 aliphatic heterocycles. The standard InChI is InChI=1S/C17H28N2O2.ClH/c1-3-15-13(2)12-16(21-15)17(20)19-11-10-18-14-8-6-4-5-7-9-14;/h12,14,18H,3-11H2,1-2H3,(H,19,20);1H. The average Bonchev–Trinajstić information content (AvgIpc) is 2.70. The highest BCUT2D eigenvalue weighted by Gasteiger charge is 2.14. The fourth-order valence-electron chi connectivity index (χ4n) is 3.01. The summed E-state index contributed by atoms with van der Waals surface area (Å²) in [6.45, 7) is 5.49. The lowest BCUT2D eigenvalue weighted by Gasteiger charge is -2.16. The first-order chi connectivity index (χ1) is 10.2. The van der Waals surface area contributed by atoms with Crippen molar-refractivity contribution in [1.29, 1.82) is 0 Å². The van der Waals surface area contributed by atoms with E-state index in [2.05, 4.69) is 10.6 Å². The fraction of sp³-hybridized carbons (Fsp3) is 0.706. The Labute approximate surface area is 139 Å². The van der Waals surface area contributed by atoms with Gasteiger partial charge in [-0.25, -0.2) is 0 Å². The molecule has 0 aromatic carbocycles. The van der Waals surface area contributed by atoms with Crippen LogP contribution < -0.4 is 10.6 Å². The molecule has 126 valence electrons. The number of hydrogen-bond donors (Lipinski definition) is 2. The number of furan rings is 1. The van der Waals surface area contributed by atoms with Crippen molar-refractivity contribution in [2.45, 2.75) is 64.8 Å². The first-order valence-electron chi connectivity index (χ1n) is 8.31. The molecule has 0 radical (unpaired) electrons. The molecule has 1 heterocycles. The molecule has 1 aliphatic carbocycles. The Morgan fingerprint density at radius 3 is 2.50 bits per heavy atom. The Morgan fingerprint density at radius 2 is 1.91 bits per heavy atom. The minimum Gasteiger partial charge on any atom is -0.456 e. The van der Waals surface area contributed by atoms with Gasteiger partial charge in [-0.2, -0.15) is 0 Å². The summed E-state index contributed by atoms with van der Waals surface area (Å²) in [4.78, 5) is 12.0. The van der Waals surface area contributed by atoms with Gasteiger partial charge in [0.25, 0.3) is 5.91 Å². The van der Waals surface area contributed by atoms with Gasteiger partial charge in [-0.05, 0) is 31.4 Å². The van der Waals surface area contributed by atoms with Crippen LogP contribution in [0.5, 0.6) is 0 Å². The third kappa shape index (κ3) is 5.65. The van der Waals surface area contributed by atoms with E-state index in [1.807, 2.05) is 19.9 Å². The van der Waals surface area contributed by atoms with Crippen molar-refractivity contribution in [3.05, 3.63) is 23.2 Å². The molecule has 0 saturated heterocycles. The maximum Gasteiger partial charge on any atom is 0.287 e. The molecule has 1 aromatic heterocycles. The average molecular weight is 329 g/mol. The third-order valence-electron chi connectivity index (χ3n) is 4.26. The molecule has 0 bridgehead atoms. The topological polar surface area (TPSA) is 54.3 Å². The Morgan fingerprint density at radius 1 is 1.23 bits per heavy atom. The van der Waals surface area contributed by atoms with Crippen LogP contribution in [0.25, 0.3) is 0 Å². The summed E-state index contributed by atoms with van der Waals surface area (Å²) in [7, 11) is 0. The van der Waals surface area contributed by atoms with Gasteiger partial charge in [0, 0.05) is 25.6 Å². The molecule has 1 aliphatic rings. The molecule has 0 unspecified atom stereocenters. The van der Waals surface area contributed by atoms with Gasteiger partial charge >= 0.3 is 0 Å². The number of carbonyl (C=O) groups is 1. The second-order valence-corrected chi connectivity index (χ2v) is 5.97. The molecule has 2 rings (SSSR count). The first-order valence-corrected chi connectivity index (χ1v) is 8.31. The molecule has 1 fully saturated rings. The number of amides is 1. The van der Waals surface area contributed by atoms with E-state index in [9.17, 15) is 4.79 Å². The van der Waals surface area contributed by atoms with Crippen molar-refractivity contribution in [2.24, 2.45) is 0 Å². The molecular formula is C17H29ClN2O2. The zero-order chi connectivity index (χ0) is 15.1. The van der Waals surface area contributed by atoms with Crippen LogP contribution in [0.1, 0.15) is 67.3 Å². The second-order valence-electron chi connectivity index (χ2n) is 5.97. The van der Waals surface area contributed by atoms with Crippen LogP contribution in [0.2, 0.25) is 0 Å². The smallest absolute Gasteiger partial charge is 0.287 e. The maximum absolute atomic E-state index is 12.0. The summed E-state index contributed by atoms with van der Waals surface area (Å²) in [6, 6.07) is 2.45. The molecule has 0 atom stereocenters. The summed E-state index contributed by atoms with van der Waals surface area (Å²) >= 11 is 0. The predicted octanol–water partition coefficient (Wildman–Crippen LogP) is 3.61. The molecule has 1 amide bonds. The van der Waals surface area contributed by atoms with E-state index >= 15 is 0 Å². The molecular weight excluding hydrogens is 300 g/mol. The lowest BCUT2D eigenvalue weighted by atomic mass is 10.1.